The summed E-state index contributed by atoms with van der Waals surface area (Å²) in [6.07, 6.45) is 6.92. The first kappa shape index (κ1) is 21.4. The molecule has 4 heterocycles. The smallest absolute Gasteiger partial charge is 0.252 e. The third kappa shape index (κ3) is 4.14. The Kier molecular flexibility index (Phi) is 5.57. The van der Waals surface area contributed by atoms with Crippen LogP contribution in [0.15, 0.2) is 59.9 Å². The molecule has 3 N–H and O–H groups in total. The molecule has 9 heteroatoms. The molecular formula is C25H21N7OS. The Balaban J connectivity index is 1.54. The number of aromatic nitrogens is 5. The number of nitrogens with one attached hydrogen (secondary N) is 1. The van der Waals surface area contributed by atoms with Crippen molar-refractivity contribution in [2.45, 2.75) is 13.5 Å². The monoisotopic (exact) mass is 467 g/mol. The molecule has 5 aromatic rings. The third-order valence-corrected chi connectivity index (χ3v) is 6.10. The first-order valence-corrected chi connectivity index (χ1v) is 11.5. The Hall–Kier alpha value is -4.42. The summed E-state index contributed by atoms with van der Waals surface area (Å²) >= 11 is 1.60. The molecule has 0 aliphatic carbocycles. The summed E-state index contributed by atoms with van der Waals surface area (Å²) in [5, 5.41) is 11.9. The largest absolute Gasteiger partial charge is 0.383 e. The van der Waals surface area contributed by atoms with Crippen LogP contribution in [-0.4, -0.2) is 30.2 Å². The average Bonchev–Trinajstić information content (AvgIpc) is 3.57. The van der Waals surface area contributed by atoms with E-state index in [0.29, 0.717) is 40.1 Å². The molecule has 0 aliphatic rings. The van der Waals surface area contributed by atoms with Gasteiger partial charge in [-0.1, -0.05) is 17.9 Å². The van der Waals surface area contributed by atoms with Crippen molar-refractivity contribution in [3.63, 3.8) is 0 Å². The Morgan fingerprint density at radius 2 is 2.03 bits per heavy atom. The second-order valence-corrected chi connectivity index (χ2v) is 8.64. The summed E-state index contributed by atoms with van der Waals surface area (Å²) in [6, 6.07) is 7.61. The molecule has 4 aromatic heterocycles. The second kappa shape index (κ2) is 8.84. The number of benzene rings is 1. The predicted molar refractivity (Wildman–Crippen MR) is 133 cm³/mol. The maximum atomic E-state index is 12.9. The van der Waals surface area contributed by atoms with Crippen molar-refractivity contribution in [2.75, 3.05) is 5.73 Å². The van der Waals surface area contributed by atoms with E-state index in [9.17, 15) is 4.79 Å². The van der Waals surface area contributed by atoms with E-state index in [1.54, 1.807) is 28.3 Å². The second-order valence-electron chi connectivity index (χ2n) is 7.86. The van der Waals surface area contributed by atoms with E-state index < -0.39 is 0 Å². The highest BCUT2D eigenvalue weighted by Crippen LogP contribution is 2.26. The Morgan fingerprint density at radius 3 is 2.79 bits per heavy atom. The summed E-state index contributed by atoms with van der Waals surface area (Å²) in [5.41, 5.74) is 11.6. The fourth-order valence-electron chi connectivity index (χ4n) is 3.67. The SMILES string of the molecule is Cc1ccc(C(=O)NCc2ccsc2)c(C#Cc2cn(-c3cnn(C)c3)c3ncnc(N)c23)c1. The Labute approximate surface area is 200 Å². The Morgan fingerprint density at radius 1 is 1.18 bits per heavy atom. The van der Waals surface area contributed by atoms with Gasteiger partial charge in [0.2, 0.25) is 0 Å². The Bertz CT molecular complexity index is 1570. The van der Waals surface area contributed by atoms with Crippen molar-refractivity contribution in [2.24, 2.45) is 7.05 Å². The molecule has 0 saturated heterocycles. The topological polar surface area (TPSA) is 104 Å². The number of anilines is 1. The van der Waals surface area contributed by atoms with Gasteiger partial charge in [0.1, 0.15) is 12.1 Å². The molecule has 1 amide bonds. The van der Waals surface area contributed by atoms with Crippen molar-refractivity contribution >= 4 is 34.1 Å². The van der Waals surface area contributed by atoms with Crippen LogP contribution in [0.1, 0.15) is 32.6 Å². The van der Waals surface area contributed by atoms with E-state index in [2.05, 4.69) is 32.2 Å². The minimum Gasteiger partial charge on any atom is -0.383 e. The first-order valence-electron chi connectivity index (χ1n) is 10.5. The maximum Gasteiger partial charge on any atom is 0.252 e. The van der Waals surface area contributed by atoms with Gasteiger partial charge in [-0.05, 0) is 47.0 Å². The summed E-state index contributed by atoms with van der Waals surface area (Å²) < 4.78 is 3.60. The van der Waals surface area contributed by atoms with E-state index in [1.807, 2.05) is 59.9 Å². The molecule has 0 unspecified atom stereocenters. The lowest BCUT2D eigenvalue weighted by Crippen LogP contribution is -2.23. The zero-order valence-corrected chi connectivity index (χ0v) is 19.4. The van der Waals surface area contributed by atoms with Gasteiger partial charge in [-0.25, -0.2) is 9.97 Å². The van der Waals surface area contributed by atoms with E-state index >= 15 is 0 Å². The van der Waals surface area contributed by atoms with Crippen LogP contribution in [0.3, 0.4) is 0 Å². The maximum absolute atomic E-state index is 12.9. The number of aryl methyl sites for hydroxylation is 2. The standard InChI is InChI=1S/C25H21N7OS/c1-16-3-6-21(25(33)27-10-17-7-8-34-14-17)18(9-16)4-5-19-12-32(20-11-30-31(2)13-20)24-22(19)23(26)28-15-29-24/h3,6-9,11-15H,10H2,1-2H3,(H,27,33)(H2,26,28,29). The van der Waals surface area contributed by atoms with Gasteiger partial charge in [0.25, 0.3) is 5.91 Å². The first-order chi connectivity index (χ1) is 16.5. The van der Waals surface area contributed by atoms with Gasteiger partial charge in [-0.15, -0.1) is 0 Å². The fraction of sp³-hybridized carbons (Fsp3) is 0.120. The van der Waals surface area contributed by atoms with E-state index in [4.69, 9.17) is 5.73 Å². The van der Waals surface area contributed by atoms with Crippen LogP contribution >= 0.6 is 11.3 Å². The van der Waals surface area contributed by atoms with Crippen molar-refractivity contribution in [3.05, 3.63) is 87.8 Å². The molecule has 34 heavy (non-hydrogen) atoms. The molecule has 0 radical (unpaired) electrons. The van der Waals surface area contributed by atoms with Gasteiger partial charge in [0.05, 0.1) is 28.4 Å². The van der Waals surface area contributed by atoms with Crippen molar-refractivity contribution < 1.29 is 4.79 Å². The molecule has 0 saturated carbocycles. The highest BCUT2D eigenvalue weighted by Gasteiger charge is 2.15. The number of carbonyl (C=O) groups excluding carboxylic acids is 1. The number of amides is 1. The molecule has 0 aliphatic heterocycles. The third-order valence-electron chi connectivity index (χ3n) is 5.37. The molecule has 0 bridgehead atoms. The molecule has 5 rings (SSSR count). The van der Waals surface area contributed by atoms with Gasteiger partial charge in [-0.3, -0.25) is 14.0 Å². The molecule has 1 aromatic carbocycles. The van der Waals surface area contributed by atoms with Crippen LogP contribution in [0.4, 0.5) is 5.82 Å². The number of carbonyl (C=O) groups is 1. The van der Waals surface area contributed by atoms with E-state index in [0.717, 1.165) is 16.8 Å². The summed E-state index contributed by atoms with van der Waals surface area (Å²) in [6.45, 7) is 2.44. The number of hydrogen-bond donors (Lipinski definition) is 2. The van der Waals surface area contributed by atoms with Crippen LogP contribution in [0.25, 0.3) is 16.7 Å². The molecule has 0 atom stereocenters. The number of rotatable bonds is 4. The lowest BCUT2D eigenvalue weighted by molar-refractivity contribution is 0.0950. The normalized spacial score (nSPS) is 10.8. The highest BCUT2D eigenvalue weighted by molar-refractivity contribution is 7.07. The quantitative estimate of drug-likeness (QED) is 0.394. The summed E-state index contributed by atoms with van der Waals surface area (Å²) in [5.74, 6) is 6.55. The molecule has 168 valence electrons. The molecule has 0 spiro atoms. The zero-order valence-electron chi connectivity index (χ0n) is 18.6. The molecule has 0 fully saturated rings. The number of fused-ring (bicyclic) bond motifs is 1. The van der Waals surface area contributed by atoms with Crippen molar-refractivity contribution in [3.8, 4) is 17.5 Å². The highest BCUT2D eigenvalue weighted by atomic mass is 32.1. The van der Waals surface area contributed by atoms with Crippen LogP contribution in [-0.2, 0) is 13.6 Å². The average molecular weight is 468 g/mol. The number of hydrogen-bond acceptors (Lipinski definition) is 6. The lowest BCUT2D eigenvalue weighted by Gasteiger charge is -2.07. The predicted octanol–water partition coefficient (Wildman–Crippen LogP) is 3.44. The number of thiophene rings is 1. The fourth-order valence-corrected chi connectivity index (χ4v) is 4.34. The number of nitrogen functional groups attached to an aromatic ring is 1. The van der Waals surface area contributed by atoms with Gasteiger partial charge >= 0.3 is 0 Å². The zero-order chi connectivity index (χ0) is 23.7. The van der Waals surface area contributed by atoms with Gasteiger partial charge in [0.15, 0.2) is 5.65 Å². The van der Waals surface area contributed by atoms with Gasteiger partial charge in [-0.2, -0.15) is 16.4 Å². The van der Waals surface area contributed by atoms with E-state index in [-0.39, 0.29) is 5.91 Å². The minimum absolute atomic E-state index is 0.170. The minimum atomic E-state index is -0.170. The summed E-state index contributed by atoms with van der Waals surface area (Å²) in [4.78, 5) is 21.5. The van der Waals surface area contributed by atoms with Gasteiger partial charge < -0.3 is 11.1 Å². The van der Waals surface area contributed by atoms with Crippen molar-refractivity contribution in [1.29, 1.82) is 0 Å². The molecule has 8 nitrogen and oxygen atoms in total. The van der Waals surface area contributed by atoms with Crippen LogP contribution in [0.5, 0.6) is 0 Å². The lowest BCUT2D eigenvalue weighted by atomic mass is 10.0. The van der Waals surface area contributed by atoms with Crippen LogP contribution in [0.2, 0.25) is 0 Å². The van der Waals surface area contributed by atoms with Gasteiger partial charge in [0, 0.05) is 31.5 Å². The van der Waals surface area contributed by atoms with Crippen LogP contribution in [0, 0.1) is 18.8 Å². The number of nitrogens with two attached hydrogens (primary N) is 1. The molecular weight excluding hydrogens is 446 g/mol. The van der Waals surface area contributed by atoms with E-state index in [1.165, 1.54) is 6.33 Å². The number of nitrogens with zero attached hydrogens (tertiary/aromatic N) is 5. The van der Waals surface area contributed by atoms with Crippen LogP contribution < -0.4 is 11.1 Å². The summed E-state index contributed by atoms with van der Waals surface area (Å²) in [7, 11) is 1.85. The van der Waals surface area contributed by atoms with Crippen molar-refractivity contribution in [1.82, 2.24) is 29.6 Å².